The number of ether oxygens (including phenoxy) is 1. The molecule has 3 aromatic rings. The lowest BCUT2D eigenvalue weighted by Gasteiger charge is -2.18. The predicted molar refractivity (Wildman–Crippen MR) is 123 cm³/mol. The summed E-state index contributed by atoms with van der Waals surface area (Å²) in [7, 11) is -3.33. The number of esters is 1. The van der Waals surface area contributed by atoms with Gasteiger partial charge in [0.05, 0.1) is 27.4 Å². The van der Waals surface area contributed by atoms with Crippen molar-refractivity contribution >= 4 is 60.8 Å². The van der Waals surface area contributed by atoms with E-state index >= 15 is 0 Å². The van der Waals surface area contributed by atoms with E-state index in [2.05, 4.69) is 4.98 Å². The Labute approximate surface area is 188 Å². The van der Waals surface area contributed by atoms with E-state index in [1.807, 2.05) is 24.3 Å². The van der Waals surface area contributed by atoms with Crippen molar-refractivity contribution in [3.05, 3.63) is 53.6 Å². The van der Waals surface area contributed by atoms with Gasteiger partial charge in [0.2, 0.25) is 10.0 Å². The van der Waals surface area contributed by atoms with Crippen molar-refractivity contribution in [3.63, 3.8) is 0 Å². The maximum absolute atomic E-state index is 12.4. The summed E-state index contributed by atoms with van der Waals surface area (Å²) in [5, 5.41) is 0. The van der Waals surface area contributed by atoms with Crippen LogP contribution in [0.1, 0.15) is 22.8 Å². The molecule has 0 amide bonds. The molecule has 0 bridgehead atoms. The molecule has 2 heterocycles. The highest BCUT2D eigenvalue weighted by Crippen LogP contribution is 2.32. The van der Waals surface area contributed by atoms with Gasteiger partial charge in [-0.3, -0.25) is 13.9 Å². The molecule has 0 saturated heterocycles. The van der Waals surface area contributed by atoms with E-state index in [0.29, 0.717) is 24.2 Å². The Balaban J connectivity index is 1.32. The van der Waals surface area contributed by atoms with Crippen LogP contribution in [0.15, 0.2) is 46.8 Å². The van der Waals surface area contributed by atoms with Gasteiger partial charge in [-0.15, -0.1) is 11.3 Å². The van der Waals surface area contributed by atoms with Crippen LogP contribution in [-0.4, -0.2) is 49.8 Å². The molecule has 0 atom stereocenters. The van der Waals surface area contributed by atoms with Crippen molar-refractivity contribution in [3.8, 4) is 0 Å². The third-order valence-corrected chi connectivity index (χ3v) is 8.84. The largest absolute Gasteiger partial charge is 0.457 e. The molecule has 0 aliphatic carbocycles. The van der Waals surface area contributed by atoms with Crippen molar-refractivity contribution in [2.45, 2.75) is 17.7 Å². The van der Waals surface area contributed by atoms with Crippen LogP contribution in [0.4, 0.5) is 5.69 Å². The zero-order chi connectivity index (χ0) is 22.0. The maximum Gasteiger partial charge on any atom is 0.316 e. The van der Waals surface area contributed by atoms with Crippen LogP contribution in [0, 0.1) is 0 Å². The number of ketones is 1. The Hall–Kier alpha value is -2.43. The summed E-state index contributed by atoms with van der Waals surface area (Å²) in [5.41, 5.74) is 2.71. The van der Waals surface area contributed by atoms with Gasteiger partial charge < -0.3 is 4.74 Å². The molecule has 1 aliphatic rings. The molecule has 0 spiro atoms. The lowest BCUT2D eigenvalue weighted by atomic mass is 10.1. The van der Waals surface area contributed by atoms with Crippen LogP contribution in [0.2, 0.25) is 0 Å². The van der Waals surface area contributed by atoms with E-state index in [9.17, 15) is 18.0 Å². The highest BCUT2D eigenvalue weighted by atomic mass is 32.2. The van der Waals surface area contributed by atoms with Crippen molar-refractivity contribution in [1.29, 1.82) is 0 Å². The average molecular weight is 477 g/mol. The summed E-state index contributed by atoms with van der Waals surface area (Å²) in [6.45, 7) is 1.63. The summed E-state index contributed by atoms with van der Waals surface area (Å²) in [6, 6.07) is 12.7. The lowest BCUT2D eigenvalue weighted by Crippen LogP contribution is -2.30. The molecular weight excluding hydrogens is 456 g/mol. The van der Waals surface area contributed by atoms with Crippen molar-refractivity contribution in [1.82, 2.24) is 4.98 Å². The van der Waals surface area contributed by atoms with Crippen molar-refractivity contribution in [2.75, 3.05) is 29.0 Å². The van der Waals surface area contributed by atoms with Gasteiger partial charge in [0.25, 0.3) is 0 Å². The first-order valence-corrected chi connectivity index (χ1v) is 13.1. The molecule has 7 nitrogen and oxygen atoms in total. The third kappa shape index (κ3) is 4.76. The SMILES string of the molecule is CCS(=O)(=O)N1CCc2cc(C(=O)COC(=O)CSc3nc4ccccc4s3)ccc21. The van der Waals surface area contributed by atoms with Gasteiger partial charge in [-0.2, -0.15) is 0 Å². The second-order valence-electron chi connectivity index (χ2n) is 6.89. The molecule has 1 aromatic heterocycles. The number of para-hydroxylation sites is 1. The minimum atomic E-state index is -3.33. The molecule has 162 valence electrons. The van der Waals surface area contributed by atoms with Crippen LogP contribution in [0.25, 0.3) is 10.2 Å². The zero-order valence-electron chi connectivity index (χ0n) is 16.7. The van der Waals surface area contributed by atoms with Crippen LogP contribution in [-0.2, 0) is 26.0 Å². The second-order valence-corrected chi connectivity index (χ2v) is 11.3. The van der Waals surface area contributed by atoms with E-state index in [-0.39, 0.29) is 23.9 Å². The van der Waals surface area contributed by atoms with Gasteiger partial charge in [0.1, 0.15) is 0 Å². The summed E-state index contributed by atoms with van der Waals surface area (Å²) in [5.74, 6) is -0.712. The number of rotatable bonds is 8. The molecule has 0 radical (unpaired) electrons. The predicted octanol–water partition coefficient (Wildman–Crippen LogP) is 3.53. The van der Waals surface area contributed by atoms with Gasteiger partial charge in [-0.25, -0.2) is 13.4 Å². The minimum Gasteiger partial charge on any atom is -0.457 e. The molecule has 2 aromatic carbocycles. The number of thioether (sulfide) groups is 1. The number of thiazole rings is 1. The smallest absolute Gasteiger partial charge is 0.316 e. The first-order chi connectivity index (χ1) is 14.9. The number of nitrogens with zero attached hydrogens (tertiary/aromatic N) is 2. The second kappa shape index (κ2) is 8.97. The molecule has 0 N–H and O–H groups in total. The van der Waals surface area contributed by atoms with Gasteiger partial charge in [0, 0.05) is 12.1 Å². The summed E-state index contributed by atoms with van der Waals surface area (Å²) >= 11 is 2.79. The quantitative estimate of drug-likeness (QED) is 0.279. The number of benzene rings is 2. The molecule has 0 saturated carbocycles. The first-order valence-electron chi connectivity index (χ1n) is 9.68. The summed E-state index contributed by atoms with van der Waals surface area (Å²) in [4.78, 5) is 28.9. The minimum absolute atomic E-state index is 0.0259. The van der Waals surface area contributed by atoms with Crippen LogP contribution in [0.5, 0.6) is 0 Å². The first kappa shape index (κ1) is 21.8. The number of Topliss-reactive ketones (excluding diaryl/α,β-unsaturated/α-hetero) is 1. The van der Waals surface area contributed by atoms with E-state index < -0.39 is 16.0 Å². The normalized spacial score (nSPS) is 13.4. The Morgan fingerprint density at radius 3 is 2.81 bits per heavy atom. The van der Waals surface area contributed by atoms with Gasteiger partial charge in [-0.1, -0.05) is 23.9 Å². The van der Waals surface area contributed by atoms with E-state index in [1.54, 1.807) is 25.1 Å². The fourth-order valence-electron chi connectivity index (χ4n) is 3.29. The number of carbonyl (C=O) groups excluding carboxylic acids is 2. The molecule has 10 heteroatoms. The van der Waals surface area contributed by atoms with Crippen molar-refractivity contribution in [2.24, 2.45) is 0 Å². The lowest BCUT2D eigenvalue weighted by molar-refractivity contribution is -0.139. The molecule has 0 unspecified atom stereocenters. The highest BCUT2D eigenvalue weighted by Gasteiger charge is 2.28. The Kier molecular flexibility index (Phi) is 6.31. The molecule has 4 rings (SSSR count). The number of hydrogen-bond acceptors (Lipinski definition) is 8. The molecular formula is C21H20N2O5S3. The van der Waals surface area contributed by atoms with Gasteiger partial charge in [0.15, 0.2) is 16.7 Å². The van der Waals surface area contributed by atoms with Gasteiger partial charge >= 0.3 is 5.97 Å². The maximum atomic E-state index is 12.4. The molecule has 1 aliphatic heterocycles. The zero-order valence-corrected chi connectivity index (χ0v) is 19.2. The van der Waals surface area contributed by atoms with Crippen molar-refractivity contribution < 1.29 is 22.7 Å². The number of fused-ring (bicyclic) bond motifs is 2. The number of hydrogen-bond donors (Lipinski definition) is 0. The monoisotopic (exact) mass is 476 g/mol. The van der Waals surface area contributed by atoms with Crippen LogP contribution in [0.3, 0.4) is 0 Å². The number of aromatic nitrogens is 1. The van der Waals surface area contributed by atoms with E-state index in [0.717, 1.165) is 20.1 Å². The van der Waals surface area contributed by atoms with Gasteiger partial charge in [-0.05, 0) is 49.2 Å². The Morgan fingerprint density at radius 1 is 1.23 bits per heavy atom. The van der Waals surface area contributed by atoms with Crippen LogP contribution >= 0.6 is 23.1 Å². The third-order valence-electron chi connectivity index (χ3n) is 4.91. The summed E-state index contributed by atoms with van der Waals surface area (Å²) < 4.78 is 32.7. The molecule has 0 fully saturated rings. The Morgan fingerprint density at radius 2 is 2.03 bits per heavy atom. The fraction of sp³-hybridized carbons (Fsp3) is 0.286. The van der Waals surface area contributed by atoms with E-state index in [4.69, 9.17) is 4.74 Å². The molecule has 31 heavy (non-hydrogen) atoms. The van der Waals surface area contributed by atoms with Crippen LogP contribution < -0.4 is 4.31 Å². The number of sulfonamides is 1. The highest BCUT2D eigenvalue weighted by molar-refractivity contribution is 8.01. The standard InChI is InChI=1S/C21H20N2O5S3/c1-2-31(26,27)23-10-9-14-11-15(7-8-17(14)23)18(24)12-28-20(25)13-29-21-22-16-5-3-4-6-19(16)30-21/h3-8,11H,2,9-10,12-13H2,1H3. The topological polar surface area (TPSA) is 93.6 Å². The summed E-state index contributed by atoms with van der Waals surface area (Å²) in [6.07, 6.45) is 0.550. The number of carbonyl (C=O) groups is 2. The Bertz CT molecular complexity index is 1220. The average Bonchev–Trinajstić information content (AvgIpc) is 3.39. The van der Waals surface area contributed by atoms with E-state index in [1.165, 1.54) is 27.4 Å². The number of anilines is 1. The fourth-order valence-corrected chi connectivity index (χ4v) is 6.32.